The second-order valence-electron chi connectivity index (χ2n) is 6.39. The summed E-state index contributed by atoms with van der Waals surface area (Å²) >= 11 is 0. The number of nitro groups is 1. The Morgan fingerprint density at radius 1 is 1.09 bits per heavy atom. The van der Waals surface area contributed by atoms with E-state index in [4.69, 9.17) is 0 Å². The molecule has 2 bridgehead atoms. The second-order valence-corrected chi connectivity index (χ2v) is 6.39. The van der Waals surface area contributed by atoms with E-state index in [0.717, 1.165) is 4.90 Å². The maximum atomic E-state index is 12.7. The number of non-ortho nitro benzene ring substituents is 1. The van der Waals surface area contributed by atoms with Crippen LogP contribution in [0.4, 0.5) is 11.4 Å². The highest BCUT2D eigenvalue weighted by atomic mass is 16.6. The van der Waals surface area contributed by atoms with Gasteiger partial charge in [-0.1, -0.05) is 6.07 Å². The molecule has 0 aromatic heterocycles. The lowest BCUT2D eigenvalue weighted by atomic mass is 9.78. The lowest BCUT2D eigenvalue weighted by Gasteiger charge is -2.29. The van der Waals surface area contributed by atoms with Crippen LogP contribution in [0.5, 0.6) is 0 Å². The molecular formula is C15H14N2O6. The molecule has 2 amide bonds. The fraction of sp³-hybridized carbons (Fsp3) is 0.467. The molecule has 0 radical (unpaired) electrons. The van der Waals surface area contributed by atoms with Gasteiger partial charge in [-0.2, -0.15) is 0 Å². The number of hydrogen-bond donors (Lipinski definition) is 2. The molecule has 0 unspecified atom stereocenters. The van der Waals surface area contributed by atoms with Crippen LogP contribution in [0.1, 0.15) is 6.42 Å². The smallest absolute Gasteiger partial charge is 0.271 e. The fourth-order valence-electron chi connectivity index (χ4n) is 4.43. The van der Waals surface area contributed by atoms with Crippen molar-refractivity contribution in [3.8, 4) is 0 Å². The van der Waals surface area contributed by atoms with Gasteiger partial charge in [-0.15, -0.1) is 0 Å². The normalized spacial score (nSPS) is 38.3. The Balaban J connectivity index is 1.73. The van der Waals surface area contributed by atoms with Gasteiger partial charge in [0, 0.05) is 24.0 Å². The van der Waals surface area contributed by atoms with E-state index in [9.17, 15) is 29.9 Å². The van der Waals surface area contributed by atoms with E-state index in [1.54, 1.807) is 0 Å². The number of nitrogens with zero attached hydrogens (tertiary/aromatic N) is 2. The van der Waals surface area contributed by atoms with Gasteiger partial charge in [0.2, 0.25) is 11.8 Å². The molecular weight excluding hydrogens is 304 g/mol. The maximum Gasteiger partial charge on any atom is 0.271 e. The van der Waals surface area contributed by atoms with Gasteiger partial charge in [0.25, 0.3) is 5.69 Å². The number of nitro benzene ring substituents is 1. The number of rotatable bonds is 2. The number of carbonyl (C=O) groups excluding carboxylic acids is 2. The molecule has 23 heavy (non-hydrogen) atoms. The van der Waals surface area contributed by atoms with E-state index >= 15 is 0 Å². The number of anilines is 1. The van der Waals surface area contributed by atoms with Gasteiger partial charge in [-0.3, -0.25) is 19.7 Å². The quantitative estimate of drug-likeness (QED) is 0.452. The minimum absolute atomic E-state index is 0.159. The molecule has 8 nitrogen and oxygen atoms in total. The number of imide groups is 1. The molecule has 2 N–H and O–H groups in total. The average molecular weight is 318 g/mol. The van der Waals surface area contributed by atoms with Crippen molar-refractivity contribution < 1.29 is 24.7 Å². The van der Waals surface area contributed by atoms with Crippen LogP contribution in [0.3, 0.4) is 0 Å². The number of hydrogen-bond acceptors (Lipinski definition) is 6. The van der Waals surface area contributed by atoms with Crippen LogP contribution in [-0.2, 0) is 9.59 Å². The Hall–Kier alpha value is -2.32. The van der Waals surface area contributed by atoms with Gasteiger partial charge in [0.05, 0.1) is 34.7 Å². The molecule has 3 fully saturated rings. The molecule has 1 heterocycles. The molecule has 6 atom stereocenters. The summed E-state index contributed by atoms with van der Waals surface area (Å²) in [6.07, 6.45) is -1.54. The van der Waals surface area contributed by atoms with Crippen LogP contribution in [0.2, 0.25) is 0 Å². The molecule has 3 aliphatic rings. The summed E-state index contributed by atoms with van der Waals surface area (Å²) in [6.45, 7) is 0. The van der Waals surface area contributed by atoms with Crippen molar-refractivity contribution in [2.75, 3.05) is 4.90 Å². The Kier molecular flexibility index (Phi) is 2.85. The van der Waals surface area contributed by atoms with E-state index in [1.165, 1.54) is 24.3 Å². The highest BCUT2D eigenvalue weighted by molar-refractivity contribution is 6.22. The first-order valence-corrected chi connectivity index (χ1v) is 7.40. The largest absolute Gasteiger partial charge is 0.390 e. The predicted octanol–water partition coefficient (Wildman–Crippen LogP) is 0.0719. The summed E-state index contributed by atoms with van der Waals surface area (Å²) in [5, 5.41) is 30.9. The van der Waals surface area contributed by atoms with Crippen molar-refractivity contribution in [2.45, 2.75) is 18.6 Å². The van der Waals surface area contributed by atoms with Crippen LogP contribution < -0.4 is 4.90 Å². The van der Waals surface area contributed by atoms with E-state index in [0.29, 0.717) is 6.42 Å². The minimum atomic E-state index is -0.997. The van der Waals surface area contributed by atoms with Gasteiger partial charge in [-0.25, -0.2) is 4.90 Å². The number of carbonyl (C=O) groups is 2. The number of benzene rings is 1. The molecule has 120 valence electrons. The highest BCUT2D eigenvalue weighted by Gasteiger charge is 2.67. The highest BCUT2D eigenvalue weighted by Crippen LogP contribution is 2.56. The zero-order valence-corrected chi connectivity index (χ0v) is 11.9. The first-order valence-electron chi connectivity index (χ1n) is 7.40. The number of fused-ring (bicyclic) bond motifs is 5. The molecule has 1 aromatic carbocycles. The Morgan fingerprint density at radius 3 is 2.17 bits per heavy atom. The predicted molar refractivity (Wildman–Crippen MR) is 76.2 cm³/mol. The molecule has 0 spiro atoms. The summed E-state index contributed by atoms with van der Waals surface area (Å²) in [6, 6.07) is 5.36. The first kappa shape index (κ1) is 14.3. The SMILES string of the molecule is O=C1[C@H]2[C@@H]3C[C@@H]([C@H](O)[C@H]3O)[C@@H]2C(=O)N1c1cccc([N+](=O)[O-])c1. The monoisotopic (exact) mass is 318 g/mol. The topological polar surface area (TPSA) is 121 Å². The van der Waals surface area contributed by atoms with E-state index in [-0.39, 0.29) is 11.4 Å². The molecule has 8 heteroatoms. The fourth-order valence-corrected chi connectivity index (χ4v) is 4.43. The summed E-state index contributed by atoms with van der Waals surface area (Å²) in [5.74, 6) is -3.05. The Bertz CT molecular complexity index is 702. The van der Waals surface area contributed by atoms with E-state index < -0.39 is 52.6 Å². The molecule has 1 saturated heterocycles. The molecule has 4 rings (SSSR count). The number of aliphatic hydroxyl groups excluding tert-OH is 2. The van der Waals surface area contributed by atoms with Crippen LogP contribution in [0.15, 0.2) is 24.3 Å². The van der Waals surface area contributed by atoms with E-state index in [2.05, 4.69) is 0 Å². The Labute approximate surface area is 130 Å². The van der Waals surface area contributed by atoms with Crippen LogP contribution in [0, 0.1) is 33.8 Å². The standard InChI is InChI=1S/C15H14N2O6/c18-12-8-5-9(13(12)19)11-10(8)14(20)16(15(11)21)6-2-1-3-7(4-6)17(22)23/h1-4,8-13,18-19H,5H2/t8-,9+,10-,11-,12-,13-/m0/s1. The summed E-state index contributed by atoms with van der Waals surface area (Å²) < 4.78 is 0. The van der Waals surface area contributed by atoms with Gasteiger partial charge in [0.1, 0.15) is 0 Å². The summed E-state index contributed by atoms with van der Waals surface area (Å²) in [5.41, 5.74) is -0.0461. The van der Waals surface area contributed by atoms with Crippen LogP contribution in [-0.4, -0.2) is 39.2 Å². The third-order valence-electron chi connectivity index (χ3n) is 5.39. The van der Waals surface area contributed by atoms with Crippen molar-refractivity contribution in [1.82, 2.24) is 0 Å². The lowest BCUT2D eigenvalue weighted by molar-refractivity contribution is -0.384. The number of aliphatic hydroxyl groups is 2. The van der Waals surface area contributed by atoms with Crippen molar-refractivity contribution in [1.29, 1.82) is 0 Å². The molecule has 1 aromatic rings. The average Bonchev–Trinajstić information content (AvgIpc) is 3.12. The van der Waals surface area contributed by atoms with Gasteiger partial charge in [0.15, 0.2) is 0 Å². The second kappa shape index (κ2) is 4.59. The third kappa shape index (κ3) is 1.73. The third-order valence-corrected chi connectivity index (χ3v) is 5.39. The molecule has 1 aliphatic heterocycles. The number of amides is 2. The Morgan fingerprint density at radius 2 is 1.65 bits per heavy atom. The van der Waals surface area contributed by atoms with Gasteiger partial charge >= 0.3 is 0 Å². The van der Waals surface area contributed by atoms with Crippen molar-refractivity contribution >= 4 is 23.2 Å². The molecule has 2 saturated carbocycles. The zero-order chi connectivity index (χ0) is 16.5. The lowest BCUT2D eigenvalue weighted by Crippen LogP contribution is -2.43. The summed E-state index contributed by atoms with van der Waals surface area (Å²) in [4.78, 5) is 36.6. The zero-order valence-electron chi connectivity index (χ0n) is 11.9. The molecule has 2 aliphatic carbocycles. The van der Waals surface area contributed by atoms with Gasteiger partial charge < -0.3 is 10.2 Å². The van der Waals surface area contributed by atoms with Crippen molar-refractivity contribution in [2.24, 2.45) is 23.7 Å². The van der Waals surface area contributed by atoms with Crippen molar-refractivity contribution in [3.05, 3.63) is 34.4 Å². The van der Waals surface area contributed by atoms with E-state index in [1.807, 2.05) is 0 Å². The first-order chi connectivity index (χ1) is 10.9. The summed E-state index contributed by atoms with van der Waals surface area (Å²) in [7, 11) is 0. The minimum Gasteiger partial charge on any atom is -0.390 e. The van der Waals surface area contributed by atoms with Gasteiger partial charge in [-0.05, 0) is 12.5 Å². The maximum absolute atomic E-state index is 12.7. The van der Waals surface area contributed by atoms with Crippen LogP contribution >= 0.6 is 0 Å². The van der Waals surface area contributed by atoms with Crippen molar-refractivity contribution in [3.63, 3.8) is 0 Å². The van der Waals surface area contributed by atoms with Crippen LogP contribution in [0.25, 0.3) is 0 Å².